The third-order valence-electron chi connectivity index (χ3n) is 5.53. The van der Waals surface area contributed by atoms with Crippen molar-refractivity contribution in [1.29, 1.82) is 0 Å². The Morgan fingerprint density at radius 1 is 1.33 bits per heavy atom. The van der Waals surface area contributed by atoms with E-state index >= 15 is 0 Å². The van der Waals surface area contributed by atoms with Crippen molar-refractivity contribution in [3.05, 3.63) is 12.2 Å². The number of ether oxygens (including phenoxy) is 1. The molecule has 2 rings (SSSR count). The van der Waals surface area contributed by atoms with Gasteiger partial charge in [0.05, 0.1) is 13.0 Å². The first-order valence-corrected chi connectivity index (χ1v) is 7.08. The van der Waals surface area contributed by atoms with Crippen LogP contribution in [0.2, 0.25) is 0 Å². The maximum atomic E-state index is 12.2. The smallest absolute Gasteiger partial charge is 0.313 e. The minimum atomic E-state index is -0.0965. The number of hydrogen-bond donors (Lipinski definition) is 0. The van der Waals surface area contributed by atoms with Gasteiger partial charge in [0.1, 0.15) is 0 Å². The summed E-state index contributed by atoms with van der Waals surface area (Å²) in [6, 6.07) is 0. The molecule has 0 heterocycles. The van der Waals surface area contributed by atoms with Gasteiger partial charge in [-0.2, -0.15) is 0 Å². The van der Waals surface area contributed by atoms with Gasteiger partial charge in [-0.1, -0.05) is 39.3 Å². The van der Waals surface area contributed by atoms with Crippen molar-refractivity contribution in [2.24, 2.45) is 22.7 Å². The van der Waals surface area contributed by atoms with E-state index in [2.05, 4.69) is 27.4 Å². The fourth-order valence-electron chi connectivity index (χ4n) is 4.73. The minimum Gasteiger partial charge on any atom is -0.469 e. The first-order valence-electron chi connectivity index (χ1n) is 7.08. The summed E-state index contributed by atoms with van der Waals surface area (Å²) in [6.45, 7) is 11.1. The van der Waals surface area contributed by atoms with E-state index in [1.807, 2.05) is 0 Å². The van der Waals surface area contributed by atoms with Gasteiger partial charge in [-0.15, -0.1) is 0 Å². The minimum absolute atomic E-state index is 0.0458. The van der Waals surface area contributed by atoms with Crippen LogP contribution in [0.3, 0.4) is 0 Å². The van der Waals surface area contributed by atoms with Crippen molar-refractivity contribution in [3.8, 4) is 0 Å². The predicted octanol–water partition coefficient (Wildman–Crippen LogP) is 3.96. The lowest BCUT2D eigenvalue weighted by atomic mass is 9.47. The molecular weight excluding hydrogens is 224 g/mol. The molecule has 2 aliphatic carbocycles. The summed E-state index contributed by atoms with van der Waals surface area (Å²) in [6.07, 6.45) is 5.76. The summed E-state index contributed by atoms with van der Waals surface area (Å²) in [4.78, 5) is 12.2. The van der Waals surface area contributed by atoms with Crippen LogP contribution in [0.4, 0.5) is 0 Å². The lowest BCUT2D eigenvalue weighted by molar-refractivity contribution is -0.156. The van der Waals surface area contributed by atoms with Crippen molar-refractivity contribution in [2.75, 3.05) is 7.11 Å². The highest BCUT2D eigenvalue weighted by Gasteiger charge is 2.55. The molecule has 3 atom stereocenters. The Morgan fingerprint density at radius 3 is 2.61 bits per heavy atom. The van der Waals surface area contributed by atoms with E-state index in [0.29, 0.717) is 11.3 Å². The molecule has 1 unspecified atom stereocenters. The SMILES string of the molecule is C=C1CC[C@H]2C(C)(C)CCC[C@]2(C)C1C(=O)OC. The number of carbonyl (C=O) groups excluding carboxylic acids is 1. The van der Waals surface area contributed by atoms with Gasteiger partial charge >= 0.3 is 5.97 Å². The van der Waals surface area contributed by atoms with Crippen LogP contribution in [0.1, 0.15) is 52.9 Å². The highest BCUT2D eigenvalue weighted by atomic mass is 16.5. The Morgan fingerprint density at radius 2 is 2.00 bits per heavy atom. The highest BCUT2D eigenvalue weighted by Crippen LogP contribution is 2.60. The fourth-order valence-corrected chi connectivity index (χ4v) is 4.73. The van der Waals surface area contributed by atoms with E-state index in [-0.39, 0.29) is 17.3 Å². The Balaban J connectivity index is 2.40. The first-order chi connectivity index (χ1) is 8.33. The molecule has 2 heteroatoms. The van der Waals surface area contributed by atoms with Gasteiger partial charge < -0.3 is 4.74 Å². The topological polar surface area (TPSA) is 26.3 Å². The van der Waals surface area contributed by atoms with Gasteiger partial charge in [0.25, 0.3) is 0 Å². The Labute approximate surface area is 111 Å². The molecular formula is C16H26O2. The van der Waals surface area contributed by atoms with Gasteiger partial charge in [0.2, 0.25) is 0 Å². The molecule has 0 amide bonds. The standard InChI is InChI=1S/C16H26O2/c1-11-7-8-12-15(2,3)9-6-10-16(12,4)13(11)14(17)18-5/h12-13H,1,6-10H2,2-5H3/t12-,13?,16-/m0/s1. The molecule has 102 valence electrons. The van der Waals surface area contributed by atoms with Gasteiger partial charge in [0.15, 0.2) is 0 Å². The zero-order valence-corrected chi connectivity index (χ0v) is 12.2. The van der Waals surface area contributed by atoms with Gasteiger partial charge in [0, 0.05) is 0 Å². The van der Waals surface area contributed by atoms with Crippen LogP contribution in [0.25, 0.3) is 0 Å². The lowest BCUT2D eigenvalue weighted by Crippen LogP contribution is -2.51. The van der Waals surface area contributed by atoms with E-state index < -0.39 is 0 Å². The summed E-state index contributed by atoms with van der Waals surface area (Å²) < 4.78 is 5.04. The fraction of sp³-hybridized carbons (Fsp3) is 0.812. The summed E-state index contributed by atoms with van der Waals surface area (Å²) in [5.41, 5.74) is 1.46. The predicted molar refractivity (Wildman–Crippen MR) is 73.1 cm³/mol. The number of rotatable bonds is 1. The van der Waals surface area contributed by atoms with Crippen molar-refractivity contribution in [1.82, 2.24) is 0 Å². The Bertz CT molecular complexity index is 361. The van der Waals surface area contributed by atoms with E-state index in [9.17, 15) is 4.79 Å². The summed E-state index contributed by atoms with van der Waals surface area (Å²) in [5, 5.41) is 0. The largest absolute Gasteiger partial charge is 0.469 e. The number of carbonyl (C=O) groups is 1. The van der Waals surface area contributed by atoms with Crippen LogP contribution >= 0.6 is 0 Å². The number of fused-ring (bicyclic) bond motifs is 1. The lowest BCUT2D eigenvalue weighted by Gasteiger charge is -2.56. The van der Waals surface area contributed by atoms with Crippen molar-refractivity contribution < 1.29 is 9.53 Å². The molecule has 0 aromatic heterocycles. The third kappa shape index (κ3) is 1.90. The van der Waals surface area contributed by atoms with Crippen LogP contribution in [0.15, 0.2) is 12.2 Å². The van der Waals surface area contributed by atoms with Crippen LogP contribution in [0.5, 0.6) is 0 Å². The molecule has 0 aromatic carbocycles. The number of methoxy groups -OCH3 is 1. The quantitative estimate of drug-likeness (QED) is 0.520. The Hall–Kier alpha value is -0.790. The molecule has 2 aliphatic rings. The zero-order valence-electron chi connectivity index (χ0n) is 12.2. The average Bonchev–Trinajstić information content (AvgIpc) is 2.26. The Kier molecular flexibility index (Phi) is 3.33. The molecule has 0 bridgehead atoms. The van der Waals surface area contributed by atoms with E-state index in [0.717, 1.165) is 18.4 Å². The average molecular weight is 250 g/mol. The molecule has 0 spiro atoms. The maximum Gasteiger partial charge on any atom is 0.313 e. The summed E-state index contributed by atoms with van der Waals surface area (Å²) in [7, 11) is 1.50. The van der Waals surface area contributed by atoms with Crippen molar-refractivity contribution in [3.63, 3.8) is 0 Å². The molecule has 2 fully saturated rings. The van der Waals surface area contributed by atoms with Crippen LogP contribution in [-0.2, 0) is 9.53 Å². The normalized spacial score (nSPS) is 39.0. The molecule has 0 aromatic rings. The van der Waals surface area contributed by atoms with E-state index in [1.54, 1.807) is 0 Å². The van der Waals surface area contributed by atoms with Gasteiger partial charge in [-0.25, -0.2) is 0 Å². The second kappa shape index (κ2) is 4.40. The van der Waals surface area contributed by atoms with Gasteiger partial charge in [-0.3, -0.25) is 4.79 Å². The van der Waals surface area contributed by atoms with E-state index in [1.165, 1.54) is 26.4 Å². The second-order valence-corrected chi connectivity index (χ2v) is 7.05. The molecule has 2 saturated carbocycles. The second-order valence-electron chi connectivity index (χ2n) is 7.05. The number of esters is 1. The van der Waals surface area contributed by atoms with Crippen molar-refractivity contribution in [2.45, 2.75) is 52.9 Å². The zero-order chi connectivity index (χ0) is 13.6. The van der Waals surface area contributed by atoms with Crippen LogP contribution in [-0.4, -0.2) is 13.1 Å². The molecule has 0 saturated heterocycles. The van der Waals surface area contributed by atoms with Crippen LogP contribution in [0, 0.1) is 22.7 Å². The molecule has 0 N–H and O–H groups in total. The van der Waals surface area contributed by atoms with Gasteiger partial charge in [-0.05, 0) is 42.4 Å². The maximum absolute atomic E-state index is 12.2. The monoisotopic (exact) mass is 250 g/mol. The van der Waals surface area contributed by atoms with Crippen LogP contribution < -0.4 is 0 Å². The first kappa shape index (κ1) is 13.6. The molecule has 18 heavy (non-hydrogen) atoms. The summed E-state index contributed by atoms with van der Waals surface area (Å²) >= 11 is 0. The van der Waals surface area contributed by atoms with E-state index in [4.69, 9.17) is 4.74 Å². The van der Waals surface area contributed by atoms with Crippen molar-refractivity contribution >= 4 is 5.97 Å². The molecule has 0 aliphatic heterocycles. The number of hydrogen-bond acceptors (Lipinski definition) is 2. The molecule has 2 nitrogen and oxygen atoms in total. The third-order valence-corrected chi connectivity index (χ3v) is 5.53. The molecule has 0 radical (unpaired) electrons. The highest BCUT2D eigenvalue weighted by molar-refractivity contribution is 5.77. The summed E-state index contributed by atoms with van der Waals surface area (Å²) in [5.74, 6) is 0.430.